The number of rotatable bonds is 4. The molecule has 3 aromatic rings. The lowest BCUT2D eigenvalue weighted by molar-refractivity contribution is 0.309. The van der Waals surface area contributed by atoms with Crippen LogP contribution < -0.4 is 4.90 Å². The van der Waals surface area contributed by atoms with Crippen molar-refractivity contribution in [2.75, 3.05) is 31.1 Å². The predicted molar refractivity (Wildman–Crippen MR) is 106 cm³/mol. The molecule has 0 unspecified atom stereocenters. The Morgan fingerprint density at radius 3 is 2.19 bits per heavy atom. The molecule has 4 heterocycles. The summed E-state index contributed by atoms with van der Waals surface area (Å²) in [6, 6.07) is 18.9. The zero-order valence-corrected chi connectivity index (χ0v) is 15.3. The van der Waals surface area contributed by atoms with Gasteiger partial charge in [0.05, 0.1) is 5.69 Å². The summed E-state index contributed by atoms with van der Waals surface area (Å²) in [6.07, 6.45) is 3.57. The van der Waals surface area contributed by atoms with Crippen LogP contribution in [0.5, 0.6) is 0 Å². The van der Waals surface area contributed by atoms with E-state index in [1.165, 1.54) is 18.7 Å². The number of benzene rings is 1. The average Bonchev–Trinajstić information content (AvgIpc) is 3.28. The summed E-state index contributed by atoms with van der Waals surface area (Å²) in [7, 11) is 0. The van der Waals surface area contributed by atoms with Crippen LogP contribution >= 0.6 is 0 Å². The summed E-state index contributed by atoms with van der Waals surface area (Å²) in [6.45, 7) is 5.59. The summed E-state index contributed by atoms with van der Waals surface area (Å²) in [4.78, 5) is 9.05. The molecule has 27 heavy (non-hydrogen) atoms. The fourth-order valence-electron chi connectivity index (χ4n) is 4.42. The third kappa shape index (κ3) is 3.43. The second kappa shape index (κ2) is 7.08. The van der Waals surface area contributed by atoms with E-state index in [-0.39, 0.29) is 0 Å². The van der Waals surface area contributed by atoms with Gasteiger partial charge >= 0.3 is 0 Å². The van der Waals surface area contributed by atoms with E-state index in [4.69, 9.17) is 0 Å². The molecule has 2 aliphatic rings. The first-order valence-corrected chi connectivity index (χ1v) is 9.60. The van der Waals surface area contributed by atoms with Gasteiger partial charge in [0.25, 0.3) is 0 Å². The first-order valence-electron chi connectivity index (χ1n) is 9.60. The minimum absolute atomic E-state index is 0.732. The molecule has 2 saturated heterocycles. The SMILES string of the molecule is c1ccc(CN2C[C@@H]3CN(c4ccc(-c5ccncc5)nn4)C[C@H]3C2)cc1. The molecule has 2 atom stereocenters. The second-order valence-corrected chi connectivity index (χ2v) is 7.62. The van der Waals surface area contributed by atoms with Crippen molar-refractivity contribution in [3.63, 3.8) is 0 Å². The highest BCUT2D eigenvalue weighted by molar-refractivity contribution is 5.59. The van der Waals surface area contributed by atoms with Crippen LogP contribution in [0, 0.1) is 11.8 Å². The van der Waals surface area contributed by atoms with Crippen LogP contribution in [-0.4, -0.2) is 46.3 Å². The Hall–Kier alpha value is -2.79. The molecule has 2 aliphatic heterocycles. The van der Waals surface area contributed by atoms with E-state index in [2.05, 4.69) is 67.4 Å². The van der Waals surface area contributed by atoms with Gasteiger partial charge in [-0.25, -0.2) is 0 Å². The summed E-state index contributed by atoms with van der Waals surface area (Å²) in [5.41, 5.74) is 3.36. The molecule has 0 spiro atoms. The molecule has 0 radical (unpaired) electrons. The molecule has 1 aromatic carbocycles. The van der Waals surface area contributed by atoms with E-state index in [1.54, 1.807) is 12.4 Å². The van der Waals surface area contributed by atoms with Gasteiger partial charge in [-0.3, -0.25) is 9.88 Å². The van der Waals surface area contributed by atoms with Crippen LogP contribution in [0.2, 0.25) is 0 Å². The van der Waals surface area contributed by atoms with Gasteiger partial charge in [0.15, 0.2) is 5.82 Å². The molecule has 0 bridgehead atoms. The van der Waals surface area contributed by atoms with E-state index in [0.717, 1.165) is 48.5 Å². The van der Waals surface area contributed by atoms with Crippen molar-refractivity contribution in [3.8, 4) is 11.3 Å². The van der Waals surface area contributed by atoms with Crippen molar-refractivity contribution in [2.45, 2.75) is 6.54 Å². The summed E-state index contributed by atoms with van der Waals surface area (Å²) >= 11 is 0. The maximum Gasteiger partial charge on any atom is 0.151 e. The molecule has 5 nitrogen and oxygen atoms in total. The molecule has 5 rings (SSSR count). The van der Waals surface area contributed by atoms with Crippen molar-refractivity contribution >= 4 is 5.82 Å². The standard InChI is InChI=1S/C22H23N5/c1-2-4-17(5-3-1)12-26-13-19-15-27(16-20(19)14-26)22-7-6-21(24-25-22)18-8-10-23-11-9-18/h1-11,19-20H,12-16H2/t19-,20-/m1/s1. The predicted octanol–water partition coefficient (Wildman–Crippen LogP) is 3.11. The topological polar surface area (TPSA) is 45.2 Å². The van der Waals surface area contributed by atoms with Crippen LogP contribution in [0.1, 0.15) is 5.56 Å². The first kappa shape index (κ1) is 16.4. The highest BCUT2D eigenvalue weighted by Crippen LogP contribution is 2.34. The van der Waals surface area contributed by atoms with E-state index in [9.17, 15) is 0 Å². The summed E-state index contributed by atoms with van der Waals surface area (Å²) in [5.74, 6) is 2.46. The quantitative estimate of drug-likeness (QED) is 0.718. The minimum Gasteiger partial charge on any atom is -0.354 e. The Kier molecular flexibility index (Phi) is 4.30. The first-order chi connectivity index (χ1) is 13.3. The van der Waals surface area contributed by atoms with E-state index >= 15 is 0 Å². The van der Waals surface area contributed by atoms with Gasteiger partial charge in [0.2, 0.25) is 0 Å². The number of anilines is 1. The van der Waals surface area contributed by atoms with Crippen LogP contribution in [0.25, 0.3) is 11.3 Å². The van der Waals surface area contributed by atoms with Crippen molar-refractivity contribution in [1.82, 2.24) is 20.1 Å². The van der Waals surface area contributed by atoms with Gasteiger partial charge in [-0.05, 0) is 41.7 Å². The number of nitrogens with zero attached hydrogens (tertiary/aromatic N) is 5. The molecule has 136 valence electrons. The number of aromatic nitrogens is 3. The number of pyridine rings is 1. The van der Waals surface area contributed by atoms with Crippen LogP contribution in [0.15, 0.2) is 67.0 Å². The highest BCUT2D eigenvalue weighted by Gasteiger charge is 2.40. The van der Waals surface area contributed by atoms with Gasteiger partial charge in [0, 0.05) is 50.7 Å². The molecule has 0 amide bonds. The van der Waals surface area contributed by atoms with Gasteiger partial charge in [-0.1, -0.05) is 30.3 Å². The van der Waals surface area contributed by atoms with Gasteiger partial charge in [0.1, 0.15) is 0 Å². The van der Waals surface area contributed by atoms with Gasteiger partial charge < -0.3 is 4.90 Å². The van der Waals surface area contributed by atoms with Crippen molar-refractivity contribution in [1.29, 1.82) is 0 Å². The molecule has 0 N–H and O–H groups in total. The van der Waals surface area contributed by atoms with Gasteiger partial charge in [-0.15, -0.1) is 10.2 Å². The third-order valence-electron chi connectivity index (χ3n) is 5.76. The fourth-order valence-corrected chi connectivity index (χ4v) is 4.42. The van der Waals surface area contributed by atoms with Gasteiger partial charge in [-0.2, -0.15) is 0 Å². The minimum atomic E-state index is 0.732. The van der Waals surface area contributed by atoms with E-state index in [0.29, 0.717) is 0 Å². The Labute approximate surface area is 159 Å². The Bertz CT molecular complexity index is 868. The molecule has 0 saturated carbocycles. The molecule has 2 fully saturated rings. The molecule has 5 heteroatoms. The molecule has 2 aromatic heterocycles. The Balaban J connectivity index is 1.21. The number of likely N-dealkylation sites (tertiary alicyclic amines) is 1. The van der Waals surface area contributed by atoms with Crippen LogP contribution in [0.4, 0.5) is 5.82 Å². The maximum absolute atomic E-state index is 4.49. The lowest BCUT2D eigenvalue weighted by atomic mass is 10.0. The fraction of sp³-hybridized carbons (Fsp3) is 0.318. The average molecular weight is 357 g/mol. The highest BCUT2D eigenvalue weighted by atomic mass is 15.3. The smallest absolute Gasteiger partial charge is 0.151 e. The normalized spacial score (nSPS) is 22.1. The van der Waals surface area contributed by atoms with Crippen molar-refractivity contribution < 1.29 is 0 Å². The maximum atomic E-state index is 4.49. The van der Waals surface area contributed by atoms with Crippen LogP contribution in [-0.2, 0) is 6.54 Å². The molecule has 0 aliphatic carbocycles. The van der Waals surface area contributed by atoms with E-state index in [1.807, 2.05) is 12.1 Å². The second-order valence-electron chi connectivity index (χ2n) is 7.62. The van der Waals surface area contributed by atoms with E-state index < -0.39 is 0 Å². The summed E-state index contributed by atoms with van der Waals surface area (Å²) < 4.78 is 0. The largest absolute Gasteiger partial charge is 0.354 e. The Morgan fingerprint density at radius 1 is 0.778 bits per heavy atom. The zero-order chi connectivity index (χ0) is 18.1. The van der Waals surface area contributed by atoms with Crippen LogP contribution in [0.3, 0.4) is 0 Å². The molecular formula is C22H23N5. The molecular weight excluding hydrogens is 334 g/mol. The monoisotopic (exact) mass is 357 g/mol. The number of hydrogen-bond donors (Lipinski definition) is 0. The third-order valence-corrected chi connectivity index (χ3v) is 5.76. The van der Waals surface area contributed by atoms with Crippen molar-refractivity contribution in [2.24, 2.45) is 11.8 Å². The zero-order valence-electron chi connectivity index (χ0n) is 15.3. The lowest BCUT2D eigenvalue weighted by Gasteiger charge is -2.22. The number of fused-ring (bicyclic) bond motifs is 1. The van der Waals surface area contributed by atoms with Crippen molar-refractivity contribution in [3.05, 3.63) is 72.6 Å². The Morgan fingerprint density at radius 2 is 1.52 bits per heavy atom. The number of hydrogen-bond acceptors (Lipinski definition) is 5. The summed E-state index contributed by atoms with van der Waals surface area (Å²) in [5, 5.41) is 8.92. The lowest BCUT2D eigenvalue weighted by Crippen LogP contribution is -2.29.